The van der Waals surface area contributed by atoms with Crippen molar-refractivity contribution in [2.24, 2.45) is 17.6 Å². The number of anilines is 2. The number of nitrogens with one attached hydrogen (secondary N) is 1. The Kier molecular flexibility index (Phi) is 8.08. The van der Waals surface area contributed by atoms with Crippen LogP contribution in [0.4, 0.5) is 20.4 Å². The maximum atomic E-state index is 13.5. The predicted molar refractivity (Wildman–Crippen MR) is 138 cm³/mol. The summed E-state index contributed by atoms with van der Waals surface area (Å²) < 4.78 is 59.8. The smallest absolute Gasteiger partial charge is 0.255 e. The summed E-state index contributed by atoms with van der Waals surface area (Å²) in [6, 6.07) is 12.2. The highest BCUT2D eigenvalue weighted by atomic mass is 32.2. The summed E-state index contributed by atoms with van der Waals surface area (Å²) in [7, 11) is -3.67. The molecule has 0 aliphatic heterocycles. The number of alkyl halides is 2. The number of benzene rings is 1. The summed E-state index contributed by atoms with van der Waals surface area (Å²) in [5, 5.41) is 8.31. The first-order valence-electron chi connectivity index (χ1n) is 12.3. The van der Waals surface area contributed by atoms with Gasteiger partial charge in [-0.2, -0.15) is 0 Å². The molecule has 4 atom stereocenters. The van der Waals surface area contributed by atoms with Crippen LogP contribution >= 0.6 is 0 Å². The first-order valence-corrected chi connectivity index (χ1v) is 13.9. The van der Waals surface area contributed by atoms with Gasteiger partial charge < -0.3 is 15.1 Å². The molecule has 1 aliphatic rings. The molecular formula is C25H32F2N6O3S. The fourth-order valence-electron chi connectivity index (χ4n) is 4.10. The summed E-state index contributed by atoms with van der Waals surface area (Å²) in [5.41, 5.74) is 7.68. The second kappa shape index (κ2) is 11.1. The van der Waals surface area contributed by atoms with Crippen LogP contribution in [0, 0.1) is 11.8 Å². The average Bonchev–Trinajstić information content (AvgIpc) is 3.35. The second-order valence-corrected chi connectivity index (χ2v) is 11.6. The van der Waals surface area contributed by atoms with Crippen LogP contribution in [0.15, 0.2) is 46.9 Å². The molecule has 3 aromatic rings. The molecule has 0 amide bonds. The van der Waals surface area contributed by atoms with Crippen LogP contribution in [0.25, 0.3) is 11.5 Å². The van der Waals surface area contributed by atoms with Crippen LogP contribution in [-0.2, 0) is 10.0 Å². The van der Waals surface area contributed by atoms with Crippen molar-refractivity contribution < 1.29 is 21.6 Å². The Morgan fingerprint density at radius 2 is 1.92 bits per heavy atom. The highest BCUT2D eigenvalue weighted by Crippen LogP contribution is 2.39. The molecule has 0 spiro atoms. The van der Waals surface area contributed by atoms with E-state index in [1.165, 1.54) is 17.9 Å². The molecule has 1 aromatic carbocycles. The van der Waals surface area contributed by atoms with Gasteiger partial charge in [-0.1, -0.05) is 44.2 Å². The molecule has 200 valence electrons. The molecule has 12 heteroatoms. The Balaban J connectivity index is 1.68. The minimum Gasteiger partial charge on any atom is -0.420 e. The maximum Gasteiger partial charge on any atom is 0.255 e. The molecular weight excluding hydrogens is 502 g/mol. The summed E-state index contributed by atoms with van der Waals surface area (Å²) in [6.45, 7) is 5.29. The van der Waals surface area contributed by atoms with E-state index in [4.69, 9.17) is 10.2 Å². The van der Waals surface area contributed by atoms with Crippen LogP contribution in [0.3, 0.4) is 0 Å². The van der Waals surface area contributed by atoms with E-state index < -0.39 is 29.0 Å². The van der Waals surface area contributed by atoms with Gasteiger partial charge in [0.05, 0.1) is 18.2 Å². The van der Waals surface area contributed by atoms with E-state index in [9.17, 15) is 17.2 Å². The van der Waals surface area contributed by atoms with Gasteiger partial charge in [-0.05, 0) is 42.9 Å². The lowest BCUT2D eigenvalue weighted by atomic mass is 9.95. The maximum absolute atomic E-state index is 13.5. The Labute approximate surface area is 215 Å². The Bertz CT molecular complexity index is 1300. The van der Waals surface area contributed by atoms with Crippen LogP contribution < -0.4 is 15.4 Å². The fourth-order valence-corrected chi connectivity index (χ4v) is 4.67. The van der Waals surface area contributed by atoms with Gasteiger partial charge >= 0.3 is 0 Å². The van der Waals surface area contributed by atoms with Gasteiger partial charge in [0.2, 0.25) is 21.8 Å². The molecule has 2 heterocycles. The first kappa shape index (κ1) is 26.9. The van der Waals surface area contributed by atoms with E-state index >= 15 is 0 Å². The van der Waals surface area contributed by atoms with Gasteiger partial charge in [-0.15, -0.1) is 10.2 Å². The quantitative estimate of drug-likeness (QED) is 0.350. The van der Waals surface area contributed by atoms with Gasteiger partial charge in [0.25, 0.3) is 6.43 Å². The standard InChI is InChI=1S/C25H32F2N6O3S/c1-4-37(34,35)32-21-11-18(12-22(29-21)33(14-20(26)27)13-19-10-15(19)2)25-31-30-24(36-25)16(3)23(28)17-8-6-5-7-9-17/h5-9,11-12,15-16,19-20,23H,4,10,13-14,28H2,1-3H3,(H,29,32). The number of nitrogens with two attached hydrogens (primary N) is 1. The number of sulfonamides is 1. The molecule has 4 unspecified atom stereocenters. The molecule has 1 aliphatic carbocycles. The van der Waals surface area contributed by atoms with E-state index in [-0.39, 0.29) is 35.1 Å². The SMILES string of the molecule is CCS(=O)(=O)Nc1cc(-c2nnc(C(C)C(N)c3ccccc3)o2)cc(N(CC(F)F)CC2CC2C)n1. The van der Waals surface area contributed by atoms with Crippen molar-refractivity contribution in [3.63, 3.8) is 0 Å². The van der Waals surface area contributed by atoms with E-state index in [2.05, 4.69) is 26.8 Å². The lowest BCUT2D eigenvalue weighted by molar-refractivity contribution is 0.154. The third-order valence-corrected chi connectivity index (χ3v) is 7.95. The zero-order chi connectivity index (χ0) is 26.7. The Hall–Kier alpha value is -3.12. The molecule has 0 radical (unpaired) electrons. The van der Waals surface area contributed by atoms with Crippen molar-refractivity contribution in [1.82, 2.24) is 15.2 Å². The zero-order valence-corrected chi connectivity index (χ0v) is 21.8. The van der Waals surface area contributed by atoms with Gasteiger partial charge in [0.1, 0.15) is 11.6 Å². The third-order valence-electron chi connectivity index (χ3n) is 6.67. The number of halogens is 2. The van der Waals surface area contributed by atoms with Crippen LogP contribution in [0.2, 0.25) is 0 Å². The Morgan fingerprint density at radius 3 is 2.54 bits per heavy atom. The monoisotopic (exact) mass is 534 g/mol. The lowest BCUT2D eigenvalue weighted by Crippen LogP contribution is -2.32. The van der Waals surface area contributed by atoms with E-state index in [0.717, 1.165) is 12.0 Å². The number of rotatable bonds is 12. The van der Waals surface area contributed by atoms with Gasteiger partial charge in [-0.3, -0.25) is 4.72 Å². The largest absolute Gasteiger partial charge is 0.420 e. The molecule has 37 heavy (non-hydrogen) atoms. The molecule has 4 rings (SSSR count). The van der Waals surface area contributed by atoms with Crippen molar-refractivity contribution in [3.8, 4) is 11.5 Å². The van der Waals surface area contributed by atoms with Crippen molar-refractivity contribution in [3.05, 3.63) is 53.9 Å². The summed E-state index contributed by atoms with van der Waals surface area (Å²) >= 11 is 0. The summed E-state index contributed by atoms with van der Waals surface area (Å²) in [4.78, 5) is 5.84. The predicted octanol–water partition coefficient (Wildman–Crippen LogP) is 4.42. The van der Waals surface area contributed by atoms with Crippen LogP contribution in [0.1, 0.15) is 50.6 Å². The van der Waals surface area contributed by atoms with E-state index in [0.29, 0.717) is 23.9 Å². The van der Waals surface area contributed by atoms with E-state index in [1.807, 2.05) is 37.3 Å². The normalized spacial score (nSPS) is 19.0. The van der Waals surface area contributed by atoms with Crippen LogP contribution in [0.5, 0.6) is 0 Å². The number of nitrogens with zero attached hydrogens (tertiary/aromatic N) is 4. The van der Waals surface area contributed by atoms with Gasteiger partial charge in [-0.25, -0.2) is 22.2 Å². The third kappa shape index (κ3) is 6.80. The number of hydrogen-bond acceptors (Lipinski definition) is 8. The highest BCUT2D eigenvalue weighted by Gasteiger charge is 2.35. The second-order valence-electron chi connectivity index (χ2n) is 9.54. The fraction of sp³-hybridized carbons (Fsp3) is 0.480. The van der Waals surface area contributed by atoms with Crippen molar-refractivity contribution >= 4 is 21.7 Å². The minimum atomic E-state index is -3.67. The molecule has 1 saturated carbocycles. The van der Waals surface area contributed by atoms with Crippen molar-refractivity contribution in [2.75, 3.05) is 28.5 Å². The molecule has 0 bridgehead atoms. The molecule has 0 saturated heterocycles. The topological polar surface area (TPSA) is 127 Å². The number of hydrogen-bond donors (Lipinski definition) is 2. The lowest BCUT2D eigenvalue weighted by Gasteiger charge is -2.24. The molecule has 1 fully saturated rings. The summed E-state index contributed by atoms with van der Waals surface area (Å²) in [5.74, 6) is 0.843. The van der Waals surface area contributed by atoms with Gasteiger partial charge in [0.15, 0.2) is 0 Å². The summed E-state index contributed by atoms with van der Waals surface area (Å²) in [6.07, 6.45) is -1.65. The number of pyridine rings is 1. The zero-order valence-electron chi connectivity index (χ0n) is 21.0. The minimum absolute atomic E-state index is 0.00810. The number of aromatic nitrogens is 3. The van der Waals surface area contributed by atoms with Crippen molar-refractivity contribution in [1.29, 1.82) is 0 Å². The molecule has 3 N–H and O–H groups in total. The molecule has 9 nitrogen and oxygen atoms in total. The first-order chi connectivity index (χ1) is 17.6. The van der Waals surface area contributed by atoms with Crippen molar-refractivity contribution in [2.45, 2.75) is 45.6 Å². The molecule has 2 aromatic heterocycles. The average molecular weight is 535 g/mol. The van der Waals surface area contributed by atoms with E-state index in [1.54, 1.807) is 6.07 Å². The van der Waals surface area contributed by atoms with Crippen LogP contribution in [-0.4, -0.2) is 48.9 Å². The highest BCUT2D eigenvalue weighted by molar-refractivity contribution is 7.92. The Morgan fingerprint density at radius 1 is 1.22 bits per heavy atom. The van der Waals surface area contributed by atoms with Gasteiger partial charge in [0, 0.05) is 18.2 Å².